The van der Waals surface area contributed by atoms with Crippen molar-refractivity contribution in [1.82, 2.24) is 4.90 Å². The lowest BCUT2D eigenvalue weighted by Crippen LogP contribution is -2.44. The van der Waals surface area contributed by atoms with Crippen molar-refractivity contribution in [3.63, 3.8) is 0 Å². The standard InChI is InChI=1S/C25H31N3O2/c1-19(2)18-22(29)16-10-5-11-17-28-23(30)25(27-24(28)26,20-12-6-3-7-13-20)21-14-8-4-9-15-21/h3-4,6-9,12-15,19H,5,10-11,16-18H2,1-2H3,(H2,26,27). The molecule has 3 rings (SSSR count). The van der Waals surface area contributed by atoms with Crippen LogP contribution in [0.2, 0.25) is 0 Å². The molecular formula is C25H31N3O2. The lowest BCUT2D eigenvalue weighted by atomic mass is 9.83. The Labute approximate surface area is 179 Å². The van der Waals surface area contributed by atoms with E-state index in [-0.39, 0.29) is 11.9 Å². The summed E-state index contributed by atoms with van der Waals surface area (Å²) in [6.07, 6.45) is 3.75. The van der Waals surface area contributed by atoms with Crippen LogP contribution in [0.25, 0.3) is 0 Å². The van der Waals surface area contributed by atoms with Gasteiger partial charge in [0.05, 0.1) is 0 Å². The van der Waals surface area contributed by atoms with Crippen LogP contribution in [0.3, 0.4) is 0 Å². The van der Waals surface area contributed by atoms with Crippen LogP contribution < -0.4 is 5.73 Å². The molecule has 30 heavy (non-hydrogen) atoms. The number of carbonyl (C=O) groups excluding carboxylic acids is 2. The minimum Gasteiger partial charge on any atom is -0.369 e. The number of hydrogen-bond donors (Lipinski definition) is 1. The zero-order chi connectivity index (χ0) is 21.6. The second kappa shape index (κ2) is 9.70. The molecule has 1 aliphatic rings. The Morgan fingerprint density at radius 2 is 1.53 bits per heavy atom. The van der Waals surface area contributed by atoms with Gasteiger partial charge in [-0.15, -0.1) is 0 Å². The van der Waals surface area contributed by atoms with Crippen LogP contribution in [-0.2, 0) is 15.1 Å². The van der Waals surface area contributed by atoms with Crippen molar-refractivity contribution in [2.75, 3.05) is 6.54 Å². The van der Waals surface area contributed by atoms with E-state index in [1.165, 1.54) is 0 Å². The molecule has 158 valence electrons. The van der Waals surface area contributed by atoms with Crippen molar-refractivity contribution >= 4 is 17.6 Å². The van der Waals surface area contributed by atoms with E-state index in [0.29, 0.717) is 31.1 Å². The van der Waals surface area contributed by atoms with Crippen molar-refractivity contribution < 1.29 is 9.59 Å². The zero-order valence-corrected chi connectivity index (χ0v) is 17.9. The largest absolute Gasteiger partial charge is 0.369 e. The summed E-state index contributed by atoms with van der Waals surface area (Å²) in [6, 6.07) is 19.2. The van der Waals surface area contributed by atoms with Crippen LogP contribution in [0.1, 0.15) is 57.1 Å². The number of benzene rings is 2. The Balaban J connectivity index is 1.70. The van der Waals surface area contributed by atoms with E-state index in [0.717, 1.165) is 30.4 Å². The molecule has 2 aromatic rings. The van der Waals surface area contributed by atoms with Crippen LogP contribution >= 0.6 is 0 Å². The molecule has 0 saturated carbocycles. The first-order valence-electron chi connectivity index (χ1n) is 10.7. The lowest BCUT2D eigenvalue weighted by Gasteiger charge is -2.27. The minimum atomic E-state index is -1.14. The maximum Gasteiger partial charge on any atom is 0.266 e. The molecule has 0 bridgehead atoms. The first kappa shape index (κ1) is 21.8. The Morgan fingerprint density at radius 3 is 2.07 bits per heavy atom. The highest BCUT2D eigenvalue weighted by molar-refractivity contribution is 6.09. The van der Waals surface area contributed by atoms with Crippen LogP contribution in [0.15, 0.2) is 65.7 Å². The molecule has 2 aromatic carbocycles. The van der Waals surface area contributed by atoms with Gasteiger partial charge in [-0.25, -0.2) is 4.99 Å². The fourth-order valence-electron chi connectivity index (χ4n) is 4.02. The van der Waals surface area contributed by atoms with Gasteiger partial charge in [0.25, 0.3) is 5.91 Å². The first-order chi connectivity index (χ1) is 14.4. The quantitative estimate of drug-likeness (QED) is 0.600. The van der Waals surface area contributed by atoms with Crippen LogP contribution in [0.4, 0.5) is 0 Å². The summed E-state index contributed by atoms with van der Waals surface area (Å²) >= 11 is 0. The number of nitrogens with two attached hydrogens (primary N) is 1. The summed E-state index contributed by atoms with van der Waals surface area (Å²) < 4.78 is 0. The summed E-state index contributed by atoms with van der Waals surface area (Å²) in [6.45, 7) is 4.63. The van der Waals surface area contributed by atoms with Crippen LogP contribution in [0.5, 0.6) is 0 Å². The second-order valence-corrected chi connectivity index (χ2v) is 8.32. The van der Waals surface area contributed by atoms with Gasteiger partial charge in [-0.05, 0) is 29.9 Å². The highest BCUT2D eigenvalue weighted by Crippen LogP contribution is 2.39. The topological polar surface area (TPSA) is 75.8 Å². The number of aliphatic imine (C=N–C) groups is 1. The fourth-order valence-corrected chi connectivity index (χ4v) is 4.02. The lowest BCUT2D eigenvalue weighted by molar-refractivity contribution is -0.130. The molecule has 0 spiro atoms. The van der Waals surface area contributed by atoms with Gasteiger partial charge in [-0.3, -0.25) is 14.5 Å². The molecule has 1 heterocycles. The van der Waals surface area contributed by atoms with Crippen molar-refractivity contribution in [2.24, 2.45) is 16.6 Å². The number of unbranched alkanes of at least 4 members (excludes halogenated alkanes) is 2. The molecule has 5 heteroatoms. The highest BCUT2D eigenvalue weighted by atomic mass is 16.2. The Kier molecular flexibility index (Phi) is 7.03. The third-order valence-corrected chi connectivity index (χ3v) is 5.47. The second-order valence-electron chi connectivity index (χ2n) is 8.32. The number of amides is 1. The van der Waals surface area contributed by atoms with Gasteiger partial charge in [-0.1, -0.05) is 80.9 Å². The molecule has 0 radical (unpaired) electrons. The van der Waals surface area contributed by atoms with Gasteiger partial charge in [0, 0.05) is 19.4 Å². The van der Waals surface area contributed by atoms with E-state index in [1.54, 1.807) is 4.90 Å². The molecule has 2 N–H and O–H groups in total. The molecule has 5 nitrogen and oxygen atoms in total. The number of hydrogen-bond acceptors (Lipinski definition) is 4. The van der Waals surface area contributed by atoms with Crippen molar-refractivity contribution in [2.45, 2.75) is 51.5 Å². The van der Waals surface area contributed by atoms with E-state index < -0.39 is 5.54 Å². The maximum absolute atomic E-state index is 13.6. The molecule has 0 unspecified atom stereocenters. The van der Waals surface area contributed by atoms with Crippen molar-refractivity contribution in [1.29, 1.82) is 0 Å². The molecule has 1 aliphatic heterocycles. The minimum absolute atomic E-state index is 0.117. The van der Waals surface area contributed by atoms with E-state index in [9.17, 15) is 9.59 Å². The third kappa shape index (κ3) is 4.61. The molecule has 0 aliphatic carbocycles. The summed E-state index contributed by atoms with van der Waals surface area (Å²) in [5.74, 6) is 0.854. The van der Waals surface area contributed by atoms with Gasteiger partial charge < -0.3 is 5.73 Å². The highest BCUT2D eigenvalue weighted by Gasteiger charge is 2.50. The summed E-state index contributed by atoms with van der Waals surface area (Å²) in [5, 5.41) is 0. The number of ketones is 1. The van der Waals surface area contributed by atoms with E-state index >= 15 is 0 Å². The maximum atomic E-state index is 13.6. The fraction of sp³-hybridized carbons (Fsp3) is 0.400. The predicted octanol–water partition coefficient (Wildman–Crippen LogP) is 4.26. The number of nitrogens with zero attached hydrogens (tertiary/aromatic N) is 2. The van der Waals surface area contributed by atoms with Crippen molar-refractivity contribution in [3.8, 4) is 0 Å². The summed E-state index contributed by atoms with van der Waals surface area (Å²) in [4.78, 5) is 31.8. The Hall–Kier alpha value is -2.95. The summed E-state index contributed by atoms with van der Waals surface area (Å²) in [5.41, 5.74) is 6.72. The van der Waals surface area contributed by atoms with Crippen molar-refractivity contribution in [3.05, 3.63) is 71.8 Å². The van der Waals surface area contributed by atoms with Gasteiger partial charge in [0.1, 0.15) is 5.78 Å². The molecule has 0 saturated heterocycles. The van der Waals surface area contributed by atoms with Gasteiger partial charge >= 0.3 is 0 Å². The predicted molar refractivity (Wildman–Crippen MR) is 120 cm³/mol. The first-order valence-corrected chi connectivity index (χ1v) is 10.7. The monoisotopic (exact) mass is 405 g/mol. The average molecular weight is 406 g/mol. The van der Waals surface area contributed by atoms with Crippen LogP contribution in [0, 0.1) is 5.92 Å². The Bertz CT molecular complexity index is 852. The van der Waals surface area contributed by atoms with E-state index in [2.05, 4.69) is 13.8 Å². The number of guanidine groups is 1. The normalized spacial score (nSPS) is 15.5. The van der Waals surface area contributed by atoms with Gasteiger partial charge in [-0.2, -0.15) is 0 Å². The third-order valence-electron chi connectivity index (χ3n) is 5.47. The van der Waals surface area contributed by atoms with Gasteiger partial charge in [0.15, 0.2) is 11.5 Å². The molecule has 1 amide bonds. The molecule has 0 aromatic heterocycles. The summed E-state index contributed by atoms with van der Waals surface area (Å²) in [7, 11) is 0. The average Bonchev–Trinajstić information content (AvgIpc) is 2.99. The smallest absolute Gasteiger partial charge is 0.266 e. The van der Waals surface area contributed by atoms with E-state index in [1.807, 2.05) is 60.7 Å². The zero-order valence-electron chi connectivity index (χ0n) is 17.9. The molecular weight excluding hydrogens is 374 g/mol. The van der Waals surface area contributed by atoms with Gasteiger partial charge in [0.2, 0.25) is 0 Å². The van der Waals surface area contributed by atoms with E-state index in [4.69, 9.17) is 10.7 Å². The molecule has 0 atom stereocenters. The number of carbonyl (C=O) groups is 2. The molecule has 0 fully saturated rings. The Morgan fingerprint density at radius 1 is 0.967 bits per heavy atom. The van der Waals surface area contributed by atoms with Crippen LogP contribution in [-0.4, -0.2) is 29.1 Å². The number of rotatable bonds is 10. The SMILES string of the molecule is CC(C)CC(=O)CCCCCN1C(=O)C(c2ccccc2)(c2ccccc2)N=C1N. The number of Topliss-reactive ketones (excluding diaryl/α,β-unsaturated/α-hetero) is 1.